The quantitative estimate of drug-likeness (QED) is 0.362. The van der Waals surface area contributed by atoms with Gasteiger partial charge in [0.15, 0.2) is 0 Å². The van der Waals surface area contributed by atoms with Gasteiger partial charge in [0, 0.05) is 0 Å². The number of fused-ring (bicyclic) bond motifs is 1. The van der Waals surface area contributed by atoms with Crippen LogP contribution in [0.5, 0.6) is 0 Å². The molecule has 0 saturated heterocycles. The molecule has 0 N–H and O–H groups in total. The van der Waals surface area contributed by atoms with Gasteiger partial charge in [0.2, 0.25) is 0 Å². The number of rotatable bonds is 7. The summed E-state index contributed by atoms with van der Waals surface area (Å²) in [6, 6.07) is 30.8. The van der Waals surface area contributed by atoms with Crippen LogP contribution < -0.4 is 0 Å². The van der Waals surface area contributed by atoms with Crippen molar-refractivity contribution < 1.29 is 0 Å². The van der Waals surface area contributed by atoms with E-state index in [4.69, 9.17) is 0 Å². The molecule has 0 heterocycles. The van der Waals surface area contributed by atoms with Gasteiger partial charge in [-0.3, -0.25) is 0 Å². The van der Waals surface area contributed by atoms with Gasteiger partial charge in [-0.15, -0.1) is 0 Å². The Morgan fingerprint density at radius 3 is 1.76 bits per heavy atom. The Labute approximate surface area is 175 Å². The summed E-state index contributed by atoms with van der Waals surface area (Å²) >= 11 is 0. The summed E-state index contributed by atoms with van der Waals surface area (Å²) in [5, 5.41) is 0. The molecule has 0 heteroatoms. The number of hydrogen-bond acceptors (Lipinski definition) is 0. The van der Waals surface area contributed by atoms with Gasteiger partial charge in [-0.25, -0.2) is 0 Å². The molecule has 0 saturated carbocycles. The lowest BCUT2D eigenvalue weighted by Crippen LogP contribution is -1.92. The molecule has 0 aromatic heterocycles. The van der Waals surface area contributed by atoms with Crippen molar-refractivity contribution in [3.63, 3.8) is 0 Å². The predicted octanol–water partition coefficient (Wildman–Crippen LogP) is 8.40. The zero-order valence-corrected chi connectivity index (χ0v) is 17.6. The van der Waals surface area contributed by atoms with E-state index in [2.05, 4.69) is 98.8 Å². The summed E-state index contributed by atoms with van der Waals surface area (Å²) in [5.74, 6) is 0. The maximum absolute atomic E-state index is 2.34. The smallest absolute Gasteiger partial charge is 0.00204 e. The van der Waals surface area contributed by atoms with E-state index >= 15 is 0 Å². The van der Waals surface area contributed by atoms with Crippen LogP contribution >= 0.6 is 0 Å². The Morgan fingerprint density at radius 2 is 1.14 bits per heavy atom. The van der Waals surface area contributed by atoms with Crippen LogP contribution in [0.3, 0.4) is 0 Å². The Hall–Kier alpha value is -2.86. The standard InChI is InChI=1S/C29H30/c1-3-4-5-8-15-22(2)27-25-20-13-14-21-26(25)28(23-16-9-6-10-17-23)29(27)24-18-11-7-12-19-24/h6-7,9-14,16-21H,3-5,8,15H2,1-2H3. The fourth-order valence-corrected chi connectivity index (χ4v) is 4.50. The van der Waals surface area contributed by atoms with Crippen LogP contribution in [0.1, 0.15) is 68.2 Å². The van der Waals surface area contributed by atoms with E-state index < -0.39 is 0 Å². The minimum atomic E-state index is 1.17. The first-order valence-electron chi connectivity index (χ1n) is 11.0. The first-order chi connectivity index (χ1) is 14.3. The maximum Gasteiger partial charge on any atom is -0.00204 e. The molecule has 0 nitrogen and oxygen atoms in total. The first kappa shape index (κ1) is 19.5. The summed E-state index contributed by atoms with van der Waals surface area (Å²) in [4.78, 5) is 0. The van der Waals surface area contributed by atoms with Crippen LogP contribution in [0.2, 0.25) is 0 Å². The van der Waals surface area contributed by atoms with Gasteiger partial charge in [0.25, 0.3) is 0 Å². The van der Waals surface area contributed by atoms with Crippen molar-refractivity contribution in [2.24, 2.45) is 0 Å². The fourth-order valence-electron chi connectivity index (χ4n) is 4.50. The lowest BCUT2D eigenvalue weighted by molar-refractivity contribution is 0.665. The molecule has 0 spiro atoms. The second-order valence-corrected chi connectivity index (χ2v) is 7.99. The van der Waals surface area contributed by atoms with Gasteiger partial charge < -0.3 is 0 Å². The van der Waals surface area contributed by atoms with Gasteiger partial charge in [-0.1, -0.05) is 117 Å². The Balaban J connectivity index is 1.92. The molecule has 0 amide bonds. The van der Waals surface area contributed by atoms with Gasteiger partial charge in [-0.05, 0) is 58.7 Å². The van der Waals surface area contributed by atoms with Crippen LogP contribution in [0.15, 0.2) is 90.5 Å². The van der Waals surface area contributed by atoms with Crippen molar-refractivity contribution in [3.05, 3.63) is 113 Å². The highest BCUT2D eigenvalue weighted by atomic mass is 14.3. The van der Waals surface area contributed by atoms with Crippen molar-refractivity contribution >= 4 is 16.7 Å². The average molecular weight is 379 g/mol. The molecule has 29 heavy (non-hydrogen) atoms. The Kier molecular flexibility index (Phi) is 6.10. The van der Waals surface area contributed by atoms with Crippen LogP contribution in [-0.2, 0) is 0 Å². The average Bonchev–Trinajstić information content (AvgIpc) is 3.13. The molecule has 146 valence electrons. The predicted molar refractivity (Wildman–Crippen MR) is 127 cm³/mol. The monoisotopic (exact) mass is 378 g/mol. The molecular formula is C29H30. The summed E-state index contributed by atoms with van der Waals surface area (Å²) in [5.41, 5.74) is 11.1. The Bertz CT molecular complexity index is 1020. The van der Waals surface area contributed by atoms with Crippen molar-refractivity contribution in [2.75, 3.05) is 0 Å². The molecule has 0 radical (unpaired) electrons. The fraction of sp³-hybridized carbons (Fsp3) is 0.241. The van der Waals surface area contributed by atoms with Gasteiger partial charge in [-0.2, -0.15) is 0 Å². The molecule has 0 aliphatic heterocycles. The summed E-state index contributed by atoms with van der Waals surface area (Å²) in [6.45, 7) is 4.62. The molecule has 0 fully saturated rings. The number of hydrogen-bond donors (Lipinski definition) is 0. The van der Waals surface area contributed by atoms with Crippen LogP contribution in [0.25, 0.3) is 16.7 Å². The van der Waals surface area contributed by atoms with Crippen LogP contribution in [0.4, 0.5) is 0 Å². The number of unbranched alkanes of at least 4 members (excludes halogenated alkanes) is 3. The normalized spacial score (nSPS) is 14.8. The maximum atomic E-state index is 2.34. The van der Waals surface area contributed by atoms with E-state index in [1.807, 2.05) is 0 Å². The topological polar surface area (TPSA) is 0 Å². The SMILES string of the molecule is CCCCCCC(C)=C1C(c2ccccc2)=C(c2ccccc2)c2ccccc21. The van der Waals surface area contributed by atoms with E-state index in [9.17, 15) is 0 Å². The highest BCUT2D eigenvalue weighted by molar-refractivity contribution is 6.24. The third-order valence-corrected chi connectivity index (χ3v) is 5.92. The largest absolute Gasteiger partial charge is 0.0654 e. The zero-order chi connectivity index (χ0) is 20.1. The van der Waals surface area contributed by atoms with Gasteiger partial charge >= 0.3 is 0 Å². The molecule has 4 rings (SSSR count). The van der Waals surface area contributed by atoms with E-state index in [0.717, 1.165) is 0 Å². The molecule has 0 atom stereocenters. The van der Waals surface area contributed by atoms with Gasteiger partial charge in [0.05, 0.1) is 0 Å². The summed E-state index contributed by atoms with van der Waals surface area (Å²) < 4.78 is 0. The van der Waals surface area contributed by atoms with Crippen molar-refractivity contribution in [2.45, 2.75) is 46.0 Å². The lowest BCUT2D eigenvalue weighted by Gasteiger charge is -2.14. The number of allylic oxidation sites excluding steroid dienone is 3. The summed E-state index contributed by atoms with van der Waals surface area (Å²) in [6.07, 6.45) is 6.37. The lowest BCUT2D eigenvalue weighted by atomic mass is 9.89. The van der Waals surface area contributed by atoms with Crippen molar-refractivity contribution in [3.8, 4) is 0 Å². The van der Waals surface area contributed by atoms with E-state index in [-0.39, 0.29) is 0 Å². The minimum Gasteiger partial charge on any atom is -0.0654 e. The number of benzene rings is 3. The third kappa shape index (κ3) is 3.98. The molecule has 3 aromatic carbocycles. The molecule has 1 aliphatic carbocycles. The Morgan fingerprint density at radius 1 is 0.586 bits per heavy atom. The van der Waals surface area contributed by atoms with E-state index in [1.165, 1.54) is 76.7 Å². The van der Waals surface area contributed by atoms with Crippen molar-refractivity contribution in [1.82, 2.24) is 0 Å². The second kappa shape index (κ2) is 9.09. The summed E-state index contributed by atoms with van der Waals surface area (Å²) in [7, 11) is 0. The van der Waals surface area contributed by atoms with Crippen LogP contribution in [0, 0.1) is 0 Å². The molecular weight excluding hydrogens is 348 g/mol. The van der Waals surface area contributed by atoms with E-state index in [1.54, 1.807) is 0 Å². The van der Waals surface area contributed by atoms with Crippen molar-refractivity contribution in [1.29, 1.82) is 0 Å². The van der Waals surface area contributed by atoms with Gasteiger partial charge in [0.1, 0.15) is 0 Å². The minimum absolute atomic E-state index is 1.17. The molecule has 0 bridgehead atoms. The highest BCUT2D eigenvalue weighted by Gasteiger charge is 2.29. The van der Waals surface area contributed by atoms with E-state index in [0.29, 0.717) is 0 Å². The molecule has 0 unspecified atom stereocenters. The second-order valence-electron chi connectivity index (χ2n) is 7.99. The molecule has 1 aliphatic rings. The highest BCUT2D eigenvalue weighted by Crippen LogP contribution is 2.50. The third-order valence-electron chi connectivity index (χ3n) is 5.92. The van der Waals surface area contributed by atoms with Crippen LogP contribution in [-0.4, -0.2) is 0 Å². The molecule has 3 aromatic rings. The first-order valence-corrected chi connectivity index (χ1v) is 11.0. The zero-order valence-electron chi connectivity index (χ0n) is 17.6.